The van der Waals surface area contributed by atoms with Crippen LogP contribution in [0.1, 0.15) is 20.8 Å². The Morgan fingerprint density at radius 1 is 1.38 bits per heavy atom. The molecule has 0 aromatic carbocycles. The normalized spacial score (nSPS) is 14.4. The topological polar surface area (TPSA) is 3.24 Å². The molecule has 0 aromatic rings. The van der Waals surface area contributed by atoms with E-state index in [2.05, 4.69) is 46.1 Å². The third-order valence-electron chi connectivity index (χ3n) is 1.36. The molecule has 1 nitrogen and oxygen atoms in total. The average molecular weight is 148 g/mol. The second kappa shape index (κ2) is 4.54. The molecule has 0 radical (unpaired) electrons. The average Bonchev–Trinajstić information content (AvgIpc) is 1.69. The molecule has 0 bridgehead atoms. The Morgan fingerprint density at radius 2 is 1.75 bits per heavy atom. The second-order valence-electron chi connectivity index (χ2n) is 1.90. The first kappa shape index (κ1) is 8.67. The van der Waals surface area contributed by atoms with Crippen LogP contribution in [0, 0.1) is 0 Å². The molecule has 0 aliphatic heterocycles. The van der Waals surface area contributed by atoms with Crippen molar-refractivity contribution in [3.8, 4) is 0 Å². The number of hydrogen-bond donors (Lipinski definition) is 0. The minimum absolute atomic E-state index is 0.713. The van der Waals surface area contributed by atoms with Gasteiger partial charge in [0.1, 0.15) is 0 Å². The first-order valence-corrected chi connectivity index (χ1v) is 4.07. The molecular weight excluding hydrogens is 134 g/mol. The van der Waals surface area contributed by atoms with Crippen molar-refractivity contribution in [2.45, 2.75) is 25.1 Å². The van der Waals surface area contributed by atoms with E-state index in [4.69, 9.17) is 0 Å². The first-order chi connectivity index (χ1) is 3.72. The Kier molecular flexibility index (Phi) is 4.93. The van der Waals surface area contributed by atoms with E-state index >= 15 is 0 Å². The molecule has 0 aliphatic rings. The van der Waals surface area contributed by atoms with Gasteiger partial charge in [-0.05, 0) is 0 Å². The molecule has 0 aromatic heterocycles. The fourth-order valence-corrected chi connectivity index (χ4v) is 1.34. The third-order valence-corrected chi connectivity index (χ3v) is 1.93. The van der Waals surface area contributed by atoms with Crippen molar-refractivity contribution >= 4 is 0 Å². The number of hydrogen-bond acceptors (Lipinski definition) is 1. The summed E-state index contributed by atoms with van der Waals surface area (Å²) in [7, 11) is 0. The van der Waals surface area contributed by atoms with Crippen LogP contribution in [0.5, 0.6) is 0 Å². The summed E-state index contributed by atoms with van der Waals surface area (Å²) >= 11 is 2.23. The molecule has 8 heavy (non-hydrogen) atoms. The van der Waals surface area contributed by atoms with Gasteiger partial charge in [0.25, 0.3) is 0 Å². The molecule has 1 atom stereocenters. The zero-order valence-corrected chi connectivity index (χ0v) is 7.50. The molecule has 0 fully saturated rings. The summed E-state index contributed by atoms with van der Waals surface area (Å²) in [5, 5.41) is 0. The molecule has 2 heteroatoms. The van der Waals surface area contributed by atoms with Crippen LogP contribution in [0.25, 0.3) is 0 Å². The Labute approximate surface area is 63.8 Å². The zero-order valence-electron chi connectivity index (χ0n) is 5.94. The summed E-state index contributed by atoms with van der Waals surface area (Å²) in [5.74, 6) is 0. The Hall–Kier alpha value is 0.674. The summed E-state index contributed by atoms with van der Waals surface area (Å²) in [5.41, 5.74) is 0. The van der Waals surface area contributed by atoms with Gasteiger partial charge in [-0.3, -0.25) is 0 Å². The van der Waals surface area contributed by atoms with Gasteiger partial charge in [-0.1, -0.05) is 0 Å². The van der Waals surface area contributed by atoms with Crippen LogP contribution >= 0.6 is 0 Å². The Morgan fingerprint density at radius 3 is 1.75 bits per heavy atom. The van der Waals surface area contributed by atoms with Crippen molar-refractivity contribution in [2.75, 3.05) is 13.1 Å². The monoisotopic (exact) mass is 148 g/mol. The summed E-state index contributed by atoms with van der Waals surface area (Å²) in [6.07, 6.45) is 0. The first-order valence-electron chi connectivity index (χ1n) is 3.17. The molecular formula is C6H14NTi. The van der Waals surface area contributed by atoms with Crippen LogP contribution in [-0.4, -0.2) is 22.3 Å². The number of rotatable bonds is 3. The van der Waals surface area contributed by atoms with Gasteiger partial charge in [0.2, 0.25) is 0 Å². The maximum absolute atomic E-state index is 2.42. The molecule has 0 rings (SSSR count). The SMILES string of the molecule is CCN(CC)[CH](C)[Ti]. The van der Waals surface area contributed by atoms with Crippen molar-refractivity contribution < 1.29 is 20.4 Å². The Balaban J connectivity index is 3.35. The van der Waals surface area contributed by atoms with Gasteiger partial charge in [-0.2, -0.15) is 0 Å². The van der Waals surface area contributed by atoms with Crippen molar-refractivity contribution in [1.29, 1.82) is 0 Å². The summed E-state index contributed by atoms with van der Waals surface area (Å²) in [4.78, 5) is 2.42. The zero-order chi connectivity index (χ0) is 6.57. The standard InChI is InChI=1S/C6H14N.Ti/c1-4-7(5-2)6-3;/h4H,5-6H2,1-3H3;. The van der Waals surface area contributed by atoms with Crippen LogP contribution in [0.2, 0.25) is 0 Å². The molecule has 0 spiro atoms. The van der Waals surface area contributed by atoms with E-state index in [0.29, 0.717) is 4.35 Å². The predicted molar refractivity (Wildman–Crippen MR) is 32.4 cm³/mol. The van der Waals surface area contributed by atoms with E-state index < -0.39 is 0 Å². The van der Waals surface area contributed by atoms with Crippen molar-refractivity contribution in [3.63, 3.8) is 0 Å². The molecule has 0 amide bonds. The van der Waals surface area contributed by atoms with Gasteiger partial charge in [-0.25, -0.2) is 0 Å². The van der Waals surface area contributed by atoms with Gasteiger partial charge < -0.3 is 0 Å². The molecule has 0 aliphatic carbocycles. The Bertz CT molecular complexity index is 50.5. The van der Waals surface area contributed by atoms with Crippen molar-refractivity contribution in [3.05, 3.63) is 0 Å². The van der Waals surface area contributed by atoms with Gasteiger partial charge in [0, 0.05) is 0 Å². The second-order valence-corrected chi connectivity index (χ2v) is 3.20. The van der Waals surface area contributed by atoms with Crippen LogP contribution in [-0.2, 0) is 20.4 Å². The van der Waals surface area contributed by atoms with E-state index in [-0.39, 0.29) is 0 Å². The summed E-state index contributed by atoms with van der Waals surface area (Å²) in [6, 6.07) is 0. The van der Waals surface area contributed by atoms with Crippen LogP contribution in [0.15, 0.2) is 0 Å². The fourth-order valence-electron chi connectivity index (χ4n) is 0.771. The minimum atomic E-state index is 0.713. The summed E-state index contributed by atoms with van der Waals surface area (Å²) in [6.45, 7) is 8.97. The predicted octanol–water partition coefficient (Wildman–Crippen LogP) is 1.22. The fraction of sp³-hybridized carbons (Fsp3) is 1.00. The van der Waals surface area contributed by atoms with Crippen LogP contribution in [0.3, 0.4) is 0 Å². The van der Waals surface area contributed by atoms with E-state index in [1.54, 1.807) is 0 Å². The van der Waals surface area contributed by atoms with Crippen molar-refractivity contribution in [2.24, 2.45) is 0 Å². The van der Waals surface area contributed by atoms with Gasteiger partial charge >= 0.3 is 63.5 Å². The van der Waals surface area contributed by atoms with Gasteiger partial charge in [-0.15, -0.1) is 0 Å². The summed E-state index contributed by atoms with van der Waals surface area (Å²) < 4.78 is 0.713. The van der Waals surface area contributed by atoms with E-state index in [0.717, 1.165) is 0 Å². The molecule has 0 heterocycles. The third kappa shape index (κ3) is 2.86. The molecule has 1 unspecified atom stereocenters. The molecule has 47 valence electrons. The van der Waals surface area contributed by atoms with Gasteiger partial charge in [0.05, 0.1) is 0 Å². The molecule has 0 saturated heterocycles. The van der Waals surface area contributed by atoms with E-state index in [1.165, 1.54) is 13.1 Å². The quantitative estimate of drug-likeness (QED) is 0.544. The van der Waals surface area contributed by atoms with E-state index in [9.17, 15) is 0 Å². The maximum atomic E-state index is 2.42. The van der Waals surface area contributed by atoms with Crippen molar-refractivity contribution in [1.82, 2.24) is 4.90 Å². The molecule has 0 N–H and O–H groups in total. The van der Waals surface area contributed by atoms with Crippen LogP contribution < -0.4 is 0 Å². The van der Waals surface area contributed by atoms with Gasteiger partial charge in [0.15, 0.2) is 0 Å². The van der Waals surface area contributed by atoms with Crippen LogP contribution in [0.4, 0.5) is 0 Å². The molecule has 0 saturated carbocycles. The number of nitrogens with zero attached hydrogens (tertiary/aromatic N) is 1. The van der Waals surface area contributed by atoms with E-state index in [1.807, 2.05) is 0 Å².